The summed E-state index contributed by atoms with van der Waals surface area (Å²) in [7, 11) is 0. The molecule has 0 aromatic heterocycles. The van der Waals surface area contributed by atoms with Gasteiger partial charge in [0.25, 0.3) is 0 Å². The summed E-state index contributed by atoms with van der Waals surface area (Å²) in [6.07, 6.45) is 6.14. The zero-order valence-corrected chi connectivity index (χ0v) is 9.72. The van der Waals surface area contributed by atoms with Gasteiger partial charge in [0.15, 0.2) is 0 Å². The summed E-state index contributed by atoms with van der Waals surface area (Å²) in [5.41, 5.74) is 0. The molecule has 14 heavy (non-hydrogen) atoms. The van der Waals surface area contributed by atoms with E-state index in [9.17, 15) is 4.79 Å². The molecule has 0 aromatic rings. The molecule has 1 rings (SSSR count). The Morgan fingerprint density at radius 3 is 2.64 bits per heavy atom. The van der Waals surface area contributed by atoms with Gasteiger partial charge in [-0.1, -0.05) is 13.3 Å². The first-order valence-corrected chi connectivity index (χ1v) is 6.18. The van der Waals surface area contributed by atoms with Gasteiger partial charge >= 0.3 is 0 Å². The first kappa shape index (κ1) is 11.8. The number of alkyl halides is 1. The Morgan fingerprint density at radius 1 is 1.43 bits per heavy atom. The number of nitrogens with zero attached hydrogens (tertiary/aromatic N) is 1. The van der Waals surface area contributed by atoms with Crippen LogP contribution in [0, 0.1) is 0 Å². The van der Waals surface area contributed by atoms with Gasteiger partial charge in [0.2, 0.25) is 5.91 Å². The number of carbonyl (C=O) groups excluding carboxylic acids is 1. The molecule has 0 bridgehead atoms. The van der Waals surface area contributed by atoms with Crippen molar-refractivity contribution in [2.24, 2.45) is 0 Å². The van der Waals surface area contributed by atoms with Crippen LogP contribution in [0.1, 0.15) is 45.4 Å². The molecule has 0 saturated heterocycles. The zero-order chi connectivity index (χ0) is 10.4. The van der Waals surface area contributed by atoms with Crippen LogP contribution in [0.15, 0.2) is 0 Å². The van der Waals surface area contributed by atoms with E-state index in [0.29, 0.717) is 24.2 Å². The largest absolute Gasteiger partial charge is 0.340 e. The summed E-state index contributed by atoms with van der Waals surface area (Å²) in [4.78, 5) is 13.8. The Morgan fingerprint density at radius 2 is 2.14 bits per heavy atom. The average molecular weight is 218 g/mol. The molecule has 1 saturated carbocycles. The summed E-state index contributed by atoms with van der Waals surface area (Å²) in [5, 5.41) is 0. The highest BCUT2D eigenvalue weighted by Crippen LogP contribution is 2.27. The quantitative estimate of drug-likeness (QED) is 0.601. The summed E-state index contributed by atoms with van der Waals surface area (Å²) in [5.74, 6) is 0.902. The maximum absolute atomic E-state index is 11.8. The number of hydrogen-bond acceptors (Lipinski definition) is 1. The molecule has 2 nitrogen and oxygen atoms in total. The van der Waals surface area contributed by atoms with E-state index in [-0.39, 0.29) is 0 Å². The molecule has 0 aliphatic heterocycles. The van der Waals surface area contributed by atoms with Gasteiger partial charge in [-0.25, -0.2) is 0 Å². The lowest BCUT2D eigenvalue weighted by Gasteiger charge is -2.22. The number of hydrogen-bond donors (Lipinski definition) is 0. The Kier molecular flexibility index (Phi) is 5.31. The number of halogens is 1. The normalized spacial score (nSPS) is 15.6. The van der Waals surface area contributed by atoms with Gasteiger partial charge in [-0.2, -0.15) is 0 Å². The Bertz CT molecular complexity index is 180. The highest BCUT2D eigenvalue weighted by Gasteiger charge is 2.31. The van der Waals surface area contributed by atoms with E-state index in [1.165, 1.54) is 12.8 Å². The van der Waals surface area contributed by atoms with E-state index in [1.54, 1.807) is 0 Å². The fourth-order valence-electron chi connectivity index (χ4n) is 1.59. The minimum absolute atomic E-state index is 0.307. The standard InChI is InChI=1S/C11H20ClNO/c1-2-3-9-13(10-6-7-10)11(14)5-4-8-12/h10H,2-9H2,1H3. The molecule has 1 amide bonds. The molecular formula is C11H20ClNO. The van der Waals surface area contributed by atoms with Crippen LogP contribution in [-0.4, -0.2) is 29.3 Å². The summed E-state index contributed by atoms with van der Waals surface area (Å²) >= 11 is 5.58. The number of rotatable bonds is 7. The molecule has 1 fully saturated rings. The van der Waals surface area contributed by atoms with E-state index in [2.05, 4.69) is 11.8 Å². The summed E-state index contributed by atoms with van der Waals surface area (Å²) in [6.45, 7) is 3.11. The lowest BCUT2D eigenvalue weighted by Crippen LogP contribution is -2.33. The van der Waals surface area contributed by atoms with E-state index in [1.807, 2.05) is 0 Å². The van der Waals surface area contributed by atoms with Crippen molar-refractivity contribution in [1.82, 2.24) is 4.90 Å². The first-order valence-electron chi connectivity index (χ1n) is 5.65. The van der Waals surface area contributed by atoms with Crippen molar-refractivity contribution in [2.45, 2.75) is 51.5 Å². The summed E-state index contributed by atoms with van der Waals surface area (Å²) in [6, 6.07) is 0.560. The highest BCUT2D eigenvalue weighted by atomic mass is 35.5. The van der Waals surface area contributed by atoms with Gasteiger partial charge in [-0.15, -0.1) is 11.6 Å². The molecule has 0 aromatic carbocycles. The third-order valence-electron chi connectivity index (χ3n) is 2.58. The minimum atomic E-state index is 0.307. The van der Waals surface area contributed by atoms with E-state index < -0.39 is 0 Å². The number of carbonyl (C=O) groups is 1. The van der Waals surface area contributed by atoms with Crippen LogP contribution in [0.25, 0.3) is 0 Å². The predicted octanol–water partition coefficient (Wildman–Crippen LogP) is 2.80. The van der Waals surface area contributed by atoms with Gasteiger partial charge < -0.3 is 4.90 Å². The predicted molar refractivity (Wildman–Crippen MR) is 59.6 cm³/mol. The van der Waals surface area contributed by atoms with Crippen molar-refractivity contribution in [3.63, 3.8) is 0 Å². The Hall–Kier alpha value is -0.240. The zero-order valence-electron chi connectivity index (χ0n) is 8.97. The van der Waals surface area contributed by atoms with Crippen molar-refractivity contribution in [3.05, 3.63) is 0 Å². The van der Waals surface area contributed by atoms with Crippen molar-refractivity contribution in [3.8, 4) is 0 Å². The Labute approximate surface area is 91.6 Å². The van der Waals surface area contributed by atoms with Crippen molar-refractivity contribution >= 4 is 17.5 Å². The molecule has 0 radical (unpaired) electrons. The molecule has 3 heteroatoms. The monoisotopic (exact) mass is 217 g/mol. The lowest BCUT2D eigenvalue weighted by atomic mass is 10.2. The van der Waals surface area contributed by atoms with Crippen LogP contribution in [0.5, 0.6) is 0 Å². The van der Waals surface area contributed by atoms with Crippen LogP contribution in [0.3, 0.4) is 0 Å². The molecule has 1 aliphatic rings. The van der Waals surface area contributed by atoms with E-state index in [0.717, 1.165) is 25.8 Å². The average Bonchev–Trinajstić information content (AvgIpc) is 2.99. The van der Waals surface area contributed by atoms with Crippen molar-refractivity contribution < 1.29 is 4.79 Å². The van der Waals surface area contributed by atoms with Gasteiger partial charge in [0.05, 0.1) is 0 Å². The van der Waals surface area contributed by atoms with Gasteiger partial charge in [-0.3, -0.25) is 4.79 Å². The van der Waals surface area contributed by atoms with Crippen LogP contribution >= 0.6 is 11.6 Å². The molecule has 0 heterocycles. The maximum Gasteiger partial charge on any atom is 0.222 e. The molecule has 0 unspecified atom stereocenters. The number of amides is 1. The minimum Gasteiger partial charge on any atom is -0.340 e. The third-order valence-corrected chi connectivity index (χ3v) is 2.85. The molecule has 0 N–H and O–H groups in total. The smallest absolute Gasteiger partial charge is 0.222 e. The van der Waals surface area contributed by atoms with Crippen molar-refractivity contribution in [1.29, 1.82) is 0 Å². The van der Waals surface area contributed by atoms with Crippen LogP contribution < -0.4 is 0 Å². The SMILES string of the molecule is CCCCN(C(=O)CCCCl)C1CC1. The van der Waals surface area contributed by atoms with E-state index >= 15 is 0 Å². The second kappa shape index (κ2) is 6.28. The van der Waals surface area contributed by atoms with E-state index in [4.69, 9.17) is 11.6 Å². The second-order valence-corrected chi connectivity index (χ2v) is 4.34. The van der Waals surface area contributed by atoms with Crippen molar-refractivity contribution in [2.75, 3.05) is 12.4 Å². The Balaban J connectivity index is 2.28. The van der Waals surface area contributed by atoms with Crippen LogP contribution in [0.4, 0.5) is 0 Å². The molecule has 82 valence electrons. The molecule has 1 aliphatic carbocycles. The summed E-state index contributed by atoms with van der Waals surface area (Å²) < 4.78 is 0. The topological polar surface area (TPSA) is 20.3 Å². The van der Waals surface area contributed by atoms with Crippen LogP contribution in [0.2, 0.25) is 0 Å². The molecular weight excluding hydrogens is 198 g/mol. The fourth-order valence-corrected chi connectivity index (χ4v) is 1.72. The van der Waals surface area contributed by atoms with Gasteiger partial charge in [-0.05, 0) is 25.7 Å². The van der Waals surface area contributed by atoms with Gasteiger partial charge in [0, 0.05) is 24.9 Å². The molecule has 0 atom stereocenters. The highest BCUT2D eigenvalue weighted by molar-refractivity contribution is 6.17. The third kappa shape index (κ3) is 3.87. The van der Waals surface area contributed by atoms with Crippen LogP contribution in [-0.2, 0) is 4.79 Å². The maximum atomic E-state index is 11.8. The van der Waals surface area contributed by atoms with Gasteiger partial charge in [0.1, 0.15) is 0 Å². The lowest BCUT2D eigenvalue weighted by molar-refractivity contribution is -0.131. The molecule has 0 spiro atoms. The number of unbranched alkanes of at least 4 members (excludes halogenated alkanes) is 1. The first-order chi connectivity index (χ1) is 6.79. The second-order valence-electron chi connectivity index (χ2n) is 3.96. The fraction of sp³-hybridized carbons (Fsp3) is 0.909.